The minimum atomic E-state index is 0.184. The molecule has 0 aromatic heterocycles. The molecule has 1 amide bonds. The predicted molar refractivity (Wildman–Crippen MR) is 70.7 cm³/mol. The Morgan fingerprint density at radius 2 is 1.94 bits per heavy atom. The minimum Gasteiger partial charge on any atom is -0.493 e. The first kappa shape index (κ1) is 12.9. The number of carbonyl (C=O) groups excluding carboxylic acids is 1. The highest BCUT2D eigenvalue weighted by atomic mass is 16.5. The molecular weight excluding hydrogens is 228 g/mol. The van der Waals surface area contributed by atoms with E-state index < -0.39 is 0 Å². The number of nitrogens with zero attached hydrogens (tertiary/aromatic N) is 1. The Balaban J connectivity index is 1.71. The van der Waals surface area contributed by atoms with Crippen molar-refractivity contribution in [2.75, 3.05) is 32.8 Å². The summed E-state index contributed by atoms with van der Waals surface area (Å²) in [5.41, 5.74) is 1.21. The van der Waals surface area contributed by atoms with Crippen molar-refractivity contribution < 1.29 is 9.53 Å². The van der Waals surface area contributed by atoms with Gasteiger partial charge in [-0.2, -0.15) is 0 Å². The highest BCUT2D eigenvalue weighted by molar-refractivity contribution is 5.76. The smallest absolute Gasteiger partial charge is 0.226 e. The Morgan fingerprint density at radius 1 is 1.28 bits per heavy atom. The number of carbonyl (C=O) groups is 1. The summed E-state index contributed by atoms with van der Waals surface area (Å²) in [6, 6.07) is 7.89. The lowest BCUT2D eigenvalue weighted by Gasteiger charge is -2.27. The van der Waals surface area contributed by atoms with Crippen LogP contribution < -0.4 is 10.1 Å². The summed E-state index contributed by atoms with van der Waals surface area (Å²) in [4.78, 5) is 13.8. The van der Waals surface area contributed by atoms with Gasteiger partial charge in [0.05, 0.1) is 13.0 Å². The molecule has 0 aliphatic carbocycles. The van der Waals surface area contributed by atoms with Crippen LogP contribution in [-0.4, -0.2) is 43.6 Å². The zero-order valence-corrected chi connectivity index (χ0v) is 10.8. The first-order chi connectivity index (χ1) is 8.75. The number of nitrogens with one attached hydrogen (secondary N) is 1. The van der Waals surface area contributed by atoms with Crippen LogP contribution in [0.3, 0.4) is 0 Å². The molecule has 4 heteroatoms. The Labute approximate surface area is 108 Å². The molecule has 0 saturated carbocycles. The maximum atomic E-state index is 11.9. The van der Waals surface area contributed by atoms with Crippen molar-refractivity contribution in [2.45, 2.75) is 13.3 Å². The second-order valence-electron chi connectivity index (χ2n) is 4.54. The lowest BCUT2D eigenvalue weighted by molar-refractivity contribution is -0.132. The largest absolute Gasteiger partial charge is 0.493 e. The van der Waals surface area contributed by atoms with Crippen molar-refractivity contribution in [3.05, 3.63) is 29.8 Å². The number of hydrogen-bond donors (Lipinski definition) is 1. The number of aryl methyl sites for hydroxylation is 1. The van der Waals surface area contributed by atoms with Crippen LogP contribution >= 0.6 is 0 Å². The summed E-state index contributed by atoms with van der Waals surface area (Å²) in [5.74, 6) is 1.01. The summed E-state index contributed by atoms with van der Waals surface area (Å²) in [6.45, 7) is 5.89. The van der Waals surface area contributed by atoms with Gasteiger partial charge >= 0.3 is 0 Å². The summed E-state index contributed by atoms with van der Waals surface area (Å²) < 4.78 is 5.56. The van der Waals surface area contributed by atoms with Crippen molar-refractivity contribution in [2.24, 2.45) is 0 Å². The highest BCUT2D eigenvalue weighted by Crippen LogP contribution is 2.11. The second-order valence-corrected chi connectivity index (χ2v) is 4.54. The second kappa shape index (κ2) is 6.40. The van der Waals surface area contributed by atoms with E-state index in [1.165, 1.54) is 5.56 Å². The fourth-order valence-electron chi connectivity index (χ4n) is 1.96. The van der Waals surface area contributed by atoms with Crippen LogP contribution in [0.15, 0.2) is 24.3 Å². The van der Waals surface area contributed by atoms with E-state index in [-0.39, 0.29) is 5.91 Å². The summed E-state index contributed by atoms with van der Waals surface area (Å²) >= 11 is 0. The molecule has 1 aliphatic rings. The molecule has 98 valence electrons. The Bertz CT molecular complexity index is 383. The van der Waals surface area contributed by atoms with E-state index in [0.29, 0.717) is 13.0 Å². The van der Waals surface area contributed by atoms with Crippen LogP contribution in [0.25, 0.3) is 0 Å². The fraction of sp³-hybridized carbons (Fsp3) is 0.500. The van der Waals surface area contributed by atoms with E-state index in [9.17, 15) is 4.79 Å². The van der Waals surface area contributed by atoms with Gasteiger partial charge in [-0.15, -0.1) is 0 Å². The van der Waals surface area contributed by atoms with Crippen LogP contribution in [0.1, 0.15) is 12.0 Å². The van der Waals surface area contributed by atoms with Gasteiger partial charge in [0.15, 0.2) is 0 Å². The van der Waals surface area contributed by atoms with Crippen LogP contribution in [0.5, 0.6) is 5.75 Å². The third-order valence-corrected chi connectivity index (χ3v) is 3.08. The molecule has 4 nitrogen and oxygen atoms in total. The molecule has 0 spiro atoms. The van der Waals surface area contributed by atoms with E-state index in [4.69, 9.17) is 4.74 Å². The molecule has 1 N–H and O–H groups in total. The third kappa shape index (κ3) is 3.74. The molecule has 18 heavy (non-hydrogen) atoms. The van der Waals surface area contributed by atoms with Crippen molar-refractivity contribution >= 4 is 5.91 Å². The fourth-order valence-corrected chi connectivity index (χ4v) is 1.96. The molecular formula is C14H20N2O2. The van der Waals surface area contributed by atoms with Crippen LogP contribution in [0, 0.1) is 6.92 Å². The average molecular weight is 248 g/mol. The van der Waals surface area contributed by atoms with E-state index in [1.807, 2.05) is 36.1 Å². The van der Waals surface area contributed by atoms with E-state index in [2.05, 4.69) is 5.32 Å². The van der Waals surface area contributed by atoms with E-state index in [1.54, 1.807) is 0 Å². The van der Waals surface area contributed by atoms with Gasteiger partial charge in [0.2, 0.25) is 5.91 Å². The minimum absolute atomic E-state index is 0.184. The summed E-state index contributed by atoms with van der Waals surface area (Å²) in [6.07, 6.45) is 0.452. The molecule has 1 aromatic rings. The molecule has 0 unspecified atom stereocenters. The summed E-state index contributed by atoms with van der Waals surface area (Å²) in [7, 11) is 0. The van der Waals surface area contributed by atoms with Crippen LogP contribution in [0.4, 0.5) is 0 Å². The standard InChI is InChI=1S/C14H20N2O2/c1-12-2-4-13(5-3-12)18-11-6-14(17)16-9-7-15-8-10-16/h2-5,15H,6-11H2,1H3. The third-order valence-electron chi connectivity index (χ3n) is 3.08. The van der Waals surface area contributed by atoms with Crippen molar-refractivity contribution in [1.82, 2.24) is 10.2 Å². The normalized spacial score (nSPS) is 15.5. The topological polar surface area (TPSA) is 41.6 Å². The molecule has 1 heterocycles. The Morgan fingerprint density at radius 3 is 2.61 bits per heavy atom. The average Bonchev–Trinajstić information content (AvgIpc) is 2.42. The first-order valence-electron chi connectivity index (χ1n) is 6.44. The maximum Gasteiger partial charge on any atom is 0.226 e. The lowest BCUT2D eigenvalue weighted by atomic mass is 10.2. The van der Waals surface area contributed by atoms with E-state index in [0.717, 1.165) is 31.9 Å². The van der Waals surface area contributed by atoms with Crippen LogP contribution in [-0.2, 0) is 4.79 Å². The highest BCUT2D eigenvalue weighted by Gasteiger charge is 2.15. The number of amides is 1. The lowest BCUT2D eigenvalue weighted by Crippen LogP contribution is -2.46. The van der Waals surface area contributed by atoms with Gasteiger partial charge in [-0.05, 0) is 19.1 Å². The van der Waals surface area contributed by atoms with Crippen LogP contribution in [0.2, 0.25) is 0 Å². The number of hydrogen-bond acceptors (Lipinski definition) is 3. The molecule has 0 radical (unpaired) electrons. The number of piperazine rings is 1. The van der Waals surface area contributed by atoms with Gasteiger partial charge < -0.3 is 15.0 Å². The molecule has 1 aliphatic heterocycles. The Hall–Kier alpha value is -1.55. The van der Waals surface area contributed by atoms with Crippen molar-refractivity contribution in [1.29, 1.82) is 0 Å². The predicted octanol–water partition coefficient (Wildman–Crippen LogP) is 1.20. The molecule has 0 atom stereocenters. The van der Waals surface area contributed by atoms with Gasteiger partial charge in [-0.25, -0.2) is 0 Å². The quantitative estimate of drug-likeness (QED) is 0.870. The van der Waals surface area contributed by atoms with Gasteiger partial charge in [0.25, 0.3) is 0 Å². The number of benzene rings is 1. The number of rotatable bonds is 4. The van der Waals surface area contributed by atoms with Crippen molar-refractivity contribution in [3.63, 3.8) is 0 Å². The molecule has 1 saturated heterocycles. The zero-order valence-electron chi connectivity index (χ0n) is 10.8. The Kier molecular flexibility index (Phi) is 4.59. The molecule has 2 rings (SSSR count). The summed E-state index contributed by atoms with van der Waals surface area (Å²) in [5, 5.41) is 3.23. The van der Waals surface area contributed by atoms with Crippen molar-refractivity contribution in [3.8, 4) is 5.75 Å². The maximum absolute atomic E-state index is 11.9. The molecule has 0 bridgehead atoms. The SMILES string of the molecule is Cc1ccc(OCCC(=O)N2CCNCC2)cc1. The van der Waals surface area contributed by atoms with Gasteiger partial charge in [0.1, 0.15) is 5.75 Å². The zero-order chi connectivity index (χ0) is 12.8. The monoisotopic (exact) mass is 248 g/mol. The van der Waals surface area contributed by atoms with Gasteiger partial charge in [0, 0.05) is 26.2 Å². The first-order valence-corrected chi connectivity index (χ1v) is 6.44. The number of ether oxygens (including phenoxy) is 1. The molecule has 1 aromatic carbocycles. The van der Waals surface area contributed by atoms with E-state index >= 15 is 0 Å². The molecule has 1 fully saturated rings. The van der Waals surface area contributed by atoms with Gasteiger partial charge in [-0.1, -0.05) is 17.7 Å². The van der Waals surface area contributed by atoms with Gasteiger partial charge in [-0.3, -0.25) is 4.79 Å².